The van der Waals surface area contributed by atoms with E-state index in [0.29, 0.717) is 0 Å². The first-order valence-corrected chi connectivity index (χ1v) is 17.0. The van der Waals surface area contributed by atoms with Gasteiger partial charge in [-0.05, 0) is 77.7 Å². The van der Waals surface area contributed by atoms with Crippen LogP contribution < -0.4 is 10.2 Å². The minimum absolute atomic E-state index is 0.867. The van der Waals surface area contributed by atoms with Crippen LogP contribution in [-0.2, 0) is 0 Å². The van der Waals surface area contributed by atoms with Crippen LogP contribution >= 0.6 is 0 Å². The fourth-order valence-electron chi connectivity index (χ4n) is 7.20. The highest BCUT2D eigenvalue weighted by molar-refractivity contribution is 6.27. The normalized spacial score (nSPS) is 11.4. The fraction of sp³-hybridized carbons (Fsp3) is 0.130. The van der Waals surface area contributed by atoms with Gasteiger partial charge in [0, 0.05) is 45.5 Å². The molecular weight excluding hydrogens is 597 g/mol. The Hall–Kier alpha value is -5.80. The summed E-state index contributed by atoms with van der Waals surface area (Å²) >= 11 is 0. The van der Waals surface area contributed by atoms with Gasteiger partial charge in [0.15, 0.2) is 5.58 Å². The number of hydrogen-bond donors (Lipinski definition) is 1. The van der Waals surface area contributed by atoms with Gasteiger partial charge in [0.1, 0.15) is 5.58 Å². The molecule has 0 aliphatic carbocycles. The summed E-state index contributed by atoms with van der Waals surface area (Å²) in [5.74, 6) is 0. The molecule has 49 heavy (non-hydrogen) atoms. The molecular formula is C46H44N2O. The number of hydrogen-bond acceptors (Lipinski definition) is 3. The van der Waals surface area contributed by atoms with Crippen LogP contribution in [0.5, 0.6) is 0 Å². The van der Waals surface area contributed by atoms with E-state index in [4.69, 9.17) is 4.42 Å². The van der Waals surface area contributed by atoms with Crippen LogP contribution in [-0.4, -0.2) is 7.05 Å². The number of allylic oxidation sites excluding steroid dienone is 3. The quantitative estimate of drug-likeness (QED) is 0.111. The lowest BCUT2D eigenvalue weighted by Gasteiger charge is -2.28. The van der Waals surface area contributed by atoms with Gasteiger partial charge >= 0.3 is 0 Å². The molecule has 7 aromatic carbocycles. The summed E-state index contributed by atoms with van der Waals surface area (Å²) in [5, 5.41) is 13.1. The van der Waals surface area contributed by atoms with Gasteiger partial charge in [-0.25, -0.2) is 0 Å². The average Bonchev–Trinajstić information content (AvgIpc) is 3.52. The zero-order valence-corrected chi connectivity index (χ0v) is 29.4. The number of furan rings is 1. The van der Waals surface area contributed by atoms with Gasteiger partial charge in [-0.3, -0.25) is 0 Å². The van der Waals surface area contributed by atoms with Crippen molar-refractivity contribution in [2.45, 2.75) is 34.6 Å². The standard InChI is InChI=1S/C42H34N2O.C2H6.C2H4/c1-25(2)24-27(4)44(37-23-19-29-16-20-34-36(43-5)22-18-28-17-21-35(37)40(29)39(28)34)38-15-9-14-33-32-13-8-12-31(41(32)45-42(33)38)30-11-7-6-10-26(30)3;2*1-2/h6-24,43H,1H2,2-5H3;1-2H3;1-2H2/b27-24+;;. The van der Waals surface area contributed by atoms with Crippen LogP contribution in [0.4, 0.5) is 17.1 Å². The summed E-state index contributed by atoms with van der Waals surface area (Å²) in [6.45, 7) is 20.6. The van der Waals surface area contributed by atoms with Gasteiger partial charge in [0.2, 0.25) is 0 Å². The molecule has 3 heteroatoms. The Morgan fingerprint density at radius 2 is 1.22 bits per heavy atom. The van der Waals surface area contributed by atoms with Crippen molar-refractivity contribution in [1.29, 1.82) is 0 Å². The molecule has 1 aromatic heterocycles. The van der Waals surface area contributed by atoms with E-state index in [-0.39, 0.29) is 0 Å². The molecule has 8 aromatic rings. The van der Waals surface area contributed by atoms with Crippen molar-refractivity contribution >= 4 is 71.3 Å². The molecule has 8 rings (SSSR count). The van der Waals surface area contributed by atoms with Gasteiger partial charge in [-0.1, -0.05) is 117 Å². The van der Waals surface area contributed by atoms with E-state index in [2.05, 4.69) is 159 Å². The summed E-state index contributed by atoms with van der Waals surface area (Å²) in [4.78, 5) is 2.34. The summed E-state index contributed by atoms with van der Waals surface area (Å²) in [5.41, 5.74) is 10.6. The van der Waals surface area contributed by atoms with Crippen molar-refractivity contribution in [3.63, 3.8) is 0 Å². The molecule has 0 bridgehead atoms. The molecule has 1 heterocycles. The van der Waals surface area contributed by atoms with Crippen molar-refractivity contribution < 1.29 is 4.42 Å². The van der Waals surface area contributed by atoms with Crippen LogP contribution in [0.25, 0.3) is 65.4 Å². The Labute approximate surface area is 289 Å². The van der Waals surface area contributed by atoms with Gasteiger partial charge in [-0.15, -0.1) is 13.2 Å². The predicted molar refractivity (Wildman–Crippen MR) is 217 cm³/mol. The number of anilines is 3. The predicted octanol–water partition coefficient (Wildman–Crippen LogP) is 13.9. The number of para-hydroxylation sites is 2. The third-order valence-corrected chi connectivity index (χ3v) is 9.14. The molecule has 0 aliphatic heterocycles. The van der Waals surface area contributed by atoms with Gasteiger partial charge in [0.05, 0.1) is 11.4 Å². The molecule has 0 saturated heterocycles. The van der Waals surface area contributed by atoms with Gasteiger partial charge in [0.25, 0.3) is 0 Å². The molecule has 0 radical (unpaired) electrons. The second-order valence-corrected chi connectivity index (χ2v) is 12.1. The third-order valence-electron chi connectivity index (χ3n) is 9.14. The largest absolute Gasteiger partial charge is 0.453 e. The fourth-order valence-corrected chi connectivity index (χ4v) is 7.20. The maximum absolute atomic E-state index is 6.94. The monoisotopic (exact) mass is 640 g/mol. The van der Waals surface area contributed by atoms with E-state index in [1.165, 1.54) is 43.4 Å². The van der Waals surface area contributed by atoms with E-state index in [9.17, 15) is 0 Å². The van der Waals surface area contributed by atoms with Crippen molar-refractivity contribution in [2.75, 3.05) is 17.3 Å². The first kappa shape index (κ1) is 33.1. The Kier molecular flexibility index (Phi) is 9.29. The van der Waals surface area contributed by atoms with Crippen LogP contribution in [0.3, 0.4) is 0 Å². The summed E-state index contributed by atoms with van der Waals surface area (Å²) < 4.78 is 6.94. The smallest absolute Gasteiger partial charge is 0.159 e. The Morgan fingerprint density at radius 3 is 1.92 bits per heavy atom. The van der Waals surface area contributed by atoms with E-state index in [1.807, 2.05) is 27.8 Å². The molecule has 0 atom stereocenters. The summed E-state index contributed by atoms with van der Waals surface area (Å²) in [6.07, 6.45) is 2.15. The van der Waals surface area contributed by atoms with Crippen molar-refractivity contribution in [3.05, 3.63) is 152 Å². The maximum Gasteiger partial charge on any atom is 0.159 e. The summed E-state index contributed by atoms with van der Waals surface area (Å²) in [6, 6.07) is 39.3. The lowest BCUT2D eigenvalue weighted by Crippen LogP contribution is -2.15. The van der Waals surface area contributed by atoms with Crippen molar-refractivity contribution in [1.82, 2.24) is 0 Å². The number of rotatable bonds is 6. The van der Waals surface area contributed by atoms with E-state index >= 15 is 0 Å². The highest BCUT2D eigenvalue weighted by Crippen LogP contribution is 2.47. The van der Waals surface area contributed by atoms with Crippen LogP contribution in [0.15, 0.2) is 151 Å². The molecule has 0 spiro atoms. The number of benzene rings is 7. The maximum atomic E-state index is 6.94. The first-order valence-electron chi connectivity index (χ1n) is 17.0. The average molecular weight is 641 g/mol. The molecule has 0 amide bonds. The van der Waals surface area contributed by atoms with Crippen LogP contribution in [0.2, 0.25) is 0 Å². The van der Waals surface area contributed by atoms with Crippen molar-refractivity contribution in [3.8, 4) is 11.1 Å². The minimum atomic E-state index is 0.867. The number of aryl methyl sites for hydroxylation is 1. The molecule has 244 valence electrons. The molecule has 1 N–H and O–H groups in total. The first-order chi connectivity index (χ1) is 23.9. The highest BCUT2D eigenvalue weighted by Gasteiger charge is 2.23. The lowest BCUT2D eigenvalue weighted by molar-refractivity contribution is 0.669. The zero-order valence-electron chi connectivity index (χ0n) is 29.4. The van der Waals surface area contributed by atoms with Crippen LogP contribution in [0, 0.1) is 6.92 Å². The third kappa shape index (κ3) is 5.52. The number of nitrogens with zero attached hydrogens (tertiary/aromatic N) is 1. The number of nitrogens with one attached hydrogen (secondary N) is 1. The lowest BCUT2D eigenvalue weighted by atomic mass is 9.92. The van der Waals surface area contributed by atoms with Gasteiger partial charge in [-0.2, -0.15) is 0 Å². The van der Waals surface area contributed by atoms with E-state index < -0.39 is 0 Å². The second-order valence-electron chi connectivity index (χ2n) is 12.1. The molecule has 0 fully saturated rings. The van der Waals surface area contributed by atoms with Crippen molar-refractivity contribution in [2.24, 2.45) is 0 Å². The topological polar surface area (TPSA) is 28.4 Å². The molecule has 0 unspecified atom stereocenters. The Balaban J connectivity index is 0.00000101. The summed E-state index contributed by atoms with van der Waals surface area (Å²) in [7, 11) is 1.99. The molecule has 0 aliphatic rings. The molecule has 3 nitrogen and oxygen atoms in total. The van der Waals surface area contributed by atoms with Crippen LogP contribution in [0.1, 0.15) is 33.3 Å². The minimum Gasteiger partial charge on any atom is -0.453 e. The van der Waals surface area contributed by atoms with E-state index in [0.717, 1.165) is 55.8 Å². The second kappa shape index (κ2) is 13.7. The molecule has 0 saturated carbocycles. The zero-order chi connectivity index (χ0) is 34.8. The number of fused-ring (bicyclic) bond motifs is 3. The van der Waals surface area contributed by atoms with Gasteiger partial charge < -0.3 is 14.6 Å². The van der Waals surface area contributed by atoms with E-state index in [1.54, 1.807) is 0 Å². The Bertz CT molecular complexity index is 2500. The highest BCUT2D eigenvalue weighted by atomic mass is 16.3. The Morgan fingerprint density at radius 1 is 0.633 bits per heavy atom. The SMILES string of the molecule is C=C.C=C(C)/C=C(\C)N(c1ccc2ccc3c(NC)ccc4ccc1c2c43)c1cccc2c1oc1c(-c3ccccc3C)cccc12.CC.